The third kappa shape index (κ3) is 4.09. The number of anilines is 2. The second-order valence-corrected chi connectivity index (χ2v) is 8.79. The van der Waals surface area contributed by atoms with Crippen molar-refractivity contribution < 1.29 is 18.6 Å². The van der Waals surface area contributed by atoms with E-state index in [1.54, 1.807) is 25.1 Å². The molecular formula is C20H27N3O4S. The van der Waals surface area contributed by atoms with Crippen molar-refractivity contribution >= 4 is 21.4 Å². The van der Waals surface area contributed by atoms with Crippen LogP contribution in [0.3, 0.4) is 0 Å². The second-order valence-electron chi connectivity index (χ2n) is 7.11. The van der Waals surface area contributed by atoms with Crippen LogP contribution in [-0.2, 0) is 10.0 Å². The number of phenolic OH excluding ortho intramolecular Hbond substituents is 1. The van der Waals surface area contributed by atoms with Gasteiger partial charge in [0.15, 0.2) is 6.35 Å². The molecule has 0 saturated carbocycles. The molecule has 0 spiro atoms. The summed E-state index contributed by atoms with van der Waals surface area (Å²) in [7, 11) is -3.79. The first kappa shape index (κ1) is 20.4. The number of nitrogens with zero attached hydrogens (tertiary/aromatic N) is 2. The molecule has 0 aromatic heterocycles. The summed E-state index contributed by atoms with van der Waals surface area (Å²) in [6.45, 7) is 7.93. The summed E-state index contributed by atoms with van der Waals surface area (Å²) in [6, 6.07) is 9.53. The number of aliphatic hydroxyl groups excluding tert-OH is 1. The lowest BCUT2D eigenvalue weighted by atomic mass is 10.1. The molecule has 0 radical (unpaired) electrons. The van der Waals surface area contributed by atoms with Gasteiger partial charge in [0.05, 0.1) is 10.6 Å². The normalized spacial score (nSPS) is 17.9. The van der Waals surface area contributed by atoms with Gasteiger partial charge in [-0.15, -0.1) is 0 Å². The molecular weight excluding hydrogens is 378 g/mol. The third-order valence-electron chi connectivity index (χ3n) is 5.12. The highest BCUT2D eigenvalue weighted by Crippen LogP contribution is 2.28. The lowest BCUT2D eigenvalue weighted by Crippen LogP contribution is -2.38. The number of phenols is 1. The van der Waals surface area contributed by atoms with Crippen LogP contribution < -0.4 is 9.62 Å². The first-order valence-electron chi connectivity index (χ1n) is 9.35. The number of hydrogen-bond acceptors (Lipinski definition) is 6. The fourth-order valence-corrected chi connectivity index (χ4v) is 4.41. The molecule has 0 aliphatic carbocycles. The maximum Gasteiger partial charge on any atom is 0.261 e. The molecule has 1 unspecified atom stereocenters. The second kappa shape index (κ2) is 7.98. The first-order valence-corrected chi connectivity index (χ1v) is 10.8. The molecule has 3 N–H and O–H groups in total. The van der Waals surface area contributed by atoms with Crippen LogP contribution in [0, 0.1) is 13.8 Å². The van der Waals surface area contributed by atoms with E-state index in [0.29, 0.717) is 17.8 Å². The molecule has 8 heteroatoms. The lowest BCUT2D eigenvalue weighted by Gasteiger charge is -2.26. The van der Waals surface area contributed by atoms with Crippen molar-refractivity contribution in [1.82, 2.24) is 4.90 Å². The topological polar surface area (TPSA) is 93.1 Å². The van der Waals surface area contributed by atoms with Crippen molar-refractivity contribution in [2.45, 2.75) is 38.4 Å². The molecule has 2 aromatic rings. The van der Waals surface area contributed by atoms with Gasteiger partial charge in [0, 0.05) is 31.4 Å². The van der Waals surface area contributed by atoms with Gasteiger partial charge in [0.1, 0.15) is 5.75 Å². The van der Waals surface area contributed by atoms with E-state index in [0.717, 1.165) is 30.8 Å². The van der Waals surface area contributed by atoms with Crippen molar-refractivity contribution in [3.63, 3.8) is 0 Å². The maximum atomic E-state index is 12.7. The Morgan fingerprint density at radius 3 is 2.43 bits per heavy atom. The van der Waals surface area contributed by atoms with E-state index < -0.39 is 16.4 Å². The SMILES string of the molecule is CCCN1CCN(c2ccc(S(=O)(=O)Nc3cc(C)c(C)c(O)c3)cc2)C1O. The highest BCUT2D eigenvalue weighted by atomic mass is 32.2. The van der Waals surface area contributed by atoms with Crippen LogP contribution in [0.1, 0.15) is 24.5 Å². The van der Waals surface area contributed by atoms with Gasteiger partial charge in [-0.2, -0.15) is 0 Å². The Morgan fingerprint density at radius 2 is 1.82 bits per heavy atom. The molecule has 0 bridgehead atoms. The molecule has 3 rings (SSSR count). The minimum absolute atomic E-state index is 0.0488. The lowest BCUT2D eigenvalue weighted by molar-refractivity contribution is 0.0400. The number of nitrogens with one attached hydrogen (secondary N) is 1. The van der Waals surface area contributed by atoms with Crippen molar-refractivity contribution in [2.24, 2.45) is 0 Å². The largest absolute Gasteiger partial charge is 0.508 e. The zero-order valence-electron chi connectivity index (χ0n) is 16.4. The number of rotatable bonds is 6. The number of benzene rings is 2. The highest BCUT2D eigenvalue weighted by molar-refractivity contribution is 7.92. The van der Waals surface area contributed by atoms with Crippen LogP contribution in [0.5, 0.6) is 5.75 Å². The number of aliphatic hydroxyl groups is 1. The van der Waals surface area contributed by atoms with Gasteiger partial charge in [0.25, 0.3) is 10.0 Å². The Kier molecular flexibility index (Phi) is 5.83. The Morgan fingerprint density at radius 1 is 1.14 bits per heavy atom. The fourth-order valence-electron chi connectivity index (χ4n) is 3.37. The van der Waals surface area contributed by atoms with E-state index in [1.165, 1.54) is 18.2 Å². The van der Waals surface area contributed by atoms with Crippen LogP contribution >= 0.6 is 0 Å². The van der Waals surface area contributed by atoms with E-state index in [2.05, 4.69) is 11.6 Å². The van der Waals surface area contributed by atoms with Gasteiger partial charge < -0.3 is 15.1 Å². The van der Waals surface area contributed by atoms with E-state index in [4.69, 9.17) is 0 Å². The Labute approximate surface area is 166 Å². The van der Waals surface area contributed by atoms with Crippen molar-refractivity contribution in [1.29, 1.82) is 0 Å². The number of aromatic hydroxyl groups is 1. The standard InChI is InChI=1S/C20H27N3O4S/c1-4-9-22-10-11-23(20(22)25)17-5-7-18(8-6-17)28(26,27)21-16-12-14(2)15(3)19(24)13-16/h5-8,12-13,20-21,24-25H,4,9-11H2,1-3H3. The molecule has 1 fully saturated rings. The Bertz CT molecular complexity index is 921. The van der Waals surface area contributed by atoms with Crippen LogP contribution in [0.2, 0.25) is 0 Å². The van der Waals surface area contributed by atoms with Crippen LogP contribution in [0.25, 0.3) is 0 Å². The molecule has 0 amide bonds. The average molecular weight is 406 g/mol. The molecule has 1 heterocycles. The van der Waals surface area contributed by atoms with Crippen LogP contribution in [0.15, 0.2) is 41.3 Å². The molecule has 1 saturated heterocycles. The summed E-state index contributed by atoms with van der Waals surface area (Å²) in [4.78, 5) is 3.95. The number of sulfonamides is 1. The van der Waals surface area contributed by atoms with Gasteiger partial charge in [-0.05, 0) is 61.7 Å². The molecule has 152 valence electrons. The monoisotopic (exact) mass is 405 g/mol. The van der Waals surface area contributed by atoms with Gasteiger partial charge in [-0.25, -0.2) is 8.42 Å². The summed E-state index contributed by atoms with van der Waals surface area (Å²) in [5.74, 6) is 0.0488. The Hall–Kier alpha value is -2.29. The van der Waals surface area contributed by atoms with Crippen molar-refractivity contribution in [3.05, 3.63) is 47.5 Å². The van der Waals surface area contributed by atoms with Gasteiger partial charge >= 0.3 is 0 Å². The molecule has 1 aliphatic heterocycles. The molecule has 2 aromatic carbocycles. The van der Waals surface area contributed by atoms with E-state index in [1.807, 2.05) is 16.7 Å². The third-order valence-corrected chi connectivity index (χ3v) is 6.51. The zero-order valence-corrected chi connectivity index (χ0v) is 17.2. The zero-order chi connectivity index (χ0) is 20.5. The predicted molar refractivity (Wildman–Crippen MR) is 110 cm³/mol. The minimum Gasteiger partial charge on any atom is -0.508 e. The van der Waals surface area contributed by atoms with Gasteiger partial charge in [0.2, 0.25) is 0 Å². The highest BCUT2D eigenvalue weighted by Gasteiger charge is 2.29. The van der Waals surface area contributed by atoms with Crippen LogP contribution in [0.4, 0.5) is 11.4 Å². The van der Waals surface area contributed by atoms with Gasteiger partial charge in [-0.1, -0.05) is 6.92 Å². The molecule has 1 atom stereocenters. The molecule has 1 aliphatic rings. The van der Waals surface area contributed by atoms with Gasteiger partial charge in [-0.3, -0.25) is 9.62 Å². The van der Waals surface area contributed by atoms with E-state index >= 15 is 0 Å². The quantitative estimate of drug-likeness (QED) is 0.684. The summed E-state index contributed by atoms with van der Waals surface area (Å²) >= 11 is 0. The van der Waals surface area contributed by atoms with E-state index in [9.17, 15) is 18.6 Å². The summed E-state index contributed by atoms with van der Waals surface area (Å²) < 4.78 is 27.9. The molecule has 7 nitrogen and oxygen atoms in total. The summed E-state index contributed by atoms with van der Waals surface area (Å²) in [6.07, 6.45) is 0.265. The maximum absolute atomic E-state index is 12.7. The fraction of sp³-hybridized carbons (Fsp3) is 0.400. The minimum atomic E-state index is -3.79. The smallest absolute Gasteiger partial charge is 0.261 e. The predicted octanol–water partition coefficient (Wildman–Crippen LogP) is 2.62. The first-order chi connectivity index (χ1) is 13.2. The number of hydrogen-bond donors (Lipinski definition) is 3. The molecule has 28 heavy (non-hydrogen) atoms. The van der Waals surface area contributed by atoms with Crippen molar-refractivity contribution in [3.8, 4) is 5.75 Å². The van der Waals surface area contributed by atoms with Crippen molar-refractivity contribution in [2.75, 3.05) is 29.3 Å². The number of aryl methyl sites for hydroxylation is 1. The summed E-state index contributed by atoms with van der Waals surface area (Å²) in [5, 5.41) is 20.4. The van der Waals surface area contributed by atoms with E-state index in [-0.39, 0.29) is 10.6 Å². The average Bonchev–Trinajstić information content (AvgIpc) is 3.00. The summed E-state index contributed by atoms with van der Waals surface area (Å²) in [5.41, 5.74) is 2.60. The Balaban J connectivity index is 1.77. The van der Waals surface area contributed by atoms with Crippen LogP contribution in [-0.4, -0.2) is 49.5 Å².